The maximum atomic E-state index is 12.1. The summed E-state index contributed by atoms with van der Waals surface area (Å²) >= 11 is 0. The van der Waals surface area contributed by atoms with Crippen molar-refractivity contribution >= 4 is 28.5 Å². The van der Waals surface area contributed by atoms with Crippen LogP contribution in [0.4, 0.5) is 5.69 Å². The van der Waals surface area contributed by atoms with Crippen molar-refractivity contribution in [2.24, 2.45) is 0 Å². The Hall–Kier alpha value is -3.41. The van der Waals surface area contributed by atoms with Gasteiger partial charge in [0.1, 0.15) is 5.58 Å². The summed E-state index contributed by atoms with van der Waals surface area (Å²) in [7, 11) is 0. The van der Waals surface area contributed by atoms with Crippen molar-refractivity contribution in [3.8, 4) is 0 Å². The van der Waals surface area contributed by atoms with Gasteiger partial charge in [0.15, 0.2) is 12.0 Å². The van der Waals surface area contributed by atoms with Crippen LogP contribution >= 0.6 is 0 Å². The molecule has 1 N–H and O–H groups in total. The van der Waals surface area contributed by atoms with Crippen LogP contribution in [0.2, 0.25) is 0 Å². The molecule has 0 unspecified atom stereocenters. The highest BCUT2D eigenvalue weighted by molar-refractivity contribution is 5.96. The summed E-state index contributed by atoms with van der Waals surface area (Å²) in [5, 5.41) is 3.09. The molecule has 1 aromatic heterocycles. The minimum atomic E-state index is -0.871. The van der Waals surface area contributed by atoms with Crippen LogP contribution < -0.4 is 10.7 Å². The van der Waals surface area contributed by atoms with Crippen LogP contribution in [0.15, 0.2) is 57.7 Å². The van der Waals surface area contributed by atoms with E-state index < -0.39 is 18.5 Å². The van der Waals surface area contributed by atoms with E-state index in [-0.39, 0.29) is 16.8 Å². The number of para-hydroxylation sites is 2. The van der Waals surface area contributed by atoms with Gasteiger partial charge in [-0.15, -0.1) is 0 Å². The molecule has 0 saturated carbocycles. The van der Waals surface area contributed by atoms with Gasteiger partial charge in [0, 0.05) is 11.8 Å². The summed E-state index contributed by atoms with van der Waals surface area (Å²) in [5.41, 5.74) is 2.44. The Labute approximate surface area is 149 Å². The van der Waals surface area contributed by atoms with Crippen LogP contribution in [0.5, 0.6) is 0 Å². The molecule has 0 atom stereocenters. The van der Waals surface area contributed by atoms with Gasteiger partial charge in [0.2, 0.25) is 5.76 Å². The number of amides is 1. The number of hydrogen-bond donors (Lipinski definition) is 1. The van der Waals surface area contributed by atoms with E-state index in [0.717, 1.165) is 17.2 Å². The molecule has 6 nitrogen and oxygen atoms in total. The maximum Gasteiger partial charge on any atom is 0.374 e. The van der Waals surface area contributed by atoms with E-state index in [1.165, 1.54) is 0 Å². The van der Waals surface area contributed by atoms with E-state index in [2.05, 4.69) is 5.32 Å². The molecule has 1 amide bonds. The number of anilines is 1. The topological polar surface area (TPSA) is 85.6 Å². The summed E-state index contributed by atoms with van der Waals surface area (Å²) in [6.07, 6.45) is 0. The molecule has 0 fully saturated rings. The quantitative estimate of drug-likeness (QED) is 0.730. The van der Waals surface area contributed by atoms with Gasteiger partial charge in [-0.25, -0.2) is 4.79 Å². The fourth-order valence-corrected chi connectivity index (χ4v) is 2.59. The molecule has 0 bridgehead atoms. The minimum Gasteiger partial charge on any atom is -0.450 e. The smallest absolute Gasteiger partial charge is 0.374 e. The van der Waals surface area contributed by atoms with Crippen LogP contribution in [-0.2, 0) is 9.53 Å². The monoisotopic (exact) mass is 351 g/mol. The molecule has 3 rings (SSSR count). The summed E-state index contributed by atoms with van der Waals surface area (Å²) in [4.78, 5) is 36.2. The van der Waals surface area contributed by atoms with Crippen molar-refractivity contribution in [3.05, 3.63) is 75.6 Å². The first-order valence-electron chi connectivity index (χ1n) is 8.02. The van der Waals surface area contributed by atoms with Crippen LogP contribution in [-0.4, -0.2) is 18.5 Å². The molecule has 6 heteroatoms. The molecule has 1 heterocycles. The number of carbonyl (C=O) groups is 2. The average Bonchev–Trinajstić information content (AvgIpc) is 2.63. The van der Waals surface area contributed by atoms with Crippen molar-refractivity contribution in [1.29, 1.82) is 0 Å². The van der Waals surface area contributed by atoms with E-state index in [9.17, 15) is 14.4 Å². The SMILES string of the molecule is Cc1cccc(C)c1NC(=O)COC(=O)c1cc(=O)c2ccccc2o1. The third kappa shape index (κ3) is 3.64. The van der Waals surface area contributed by atoms with Gasteiger partial charge in [0.05, 0.1) is 5.39 Å². The van der Waals surface area contributed by atoms with E-state index in [4.69, 9.17) is 9.15 Å². The summed E-state index contributed by atoms with van der Waals surface area (Å²) < 4.78 is 10.3. The third-order valence-corrected chi connectivity index (χ3v) is 3.92. The second-order valence-electron chi connectivity index (χ2n) is 5.86. The minimum absolute atomic E-state index is 0.242. The van der Waals surface area contributed by atoms with Crippen molar-refractivity contribution in [2.75, 3.05) is 11.9 Å². The first kappa shape index (κ1) is 17.4. The van der Waals surface area contributed by atoms with Crippen LogP contribution in [0, 0.1) is 13.8 Å². The van der Waals surface area contributed by atoms with Gasteiger partial charge in [-0.2, -0.15) is 0 Å². The van der Waals surface area contributed by atoms with E-state index >= 15 is 0 Å². The van der Waals surface area contributed by atoms with Crippen molar-refractivity contribution in [2.45, 2.75) is 13.8 Å². The highest BCUT2D eigenvalue weighted by atomic mass is 16.5. The molecule has 0 saturated heterocycles. The van der Waals surface area contributed by atoms with Crippen LogP contribution in [0.1, 0.15) is 21.7 Å². The molecule has 26 heavy (non-hydrogen) atoms. The van der Waals surface area contributed by atoms with Gasteiger partial charge in [0.25, 0.3) is 5.91 Å². The predicted octanol–water partition coefficient (Wildman–Crippen LogP) is 3.21. The van der Waals surface area contributed by atoms with Crippen molar-refractivity contribution in [1.82, 2.24) is 0 Å². The molecule has 0 aliphatic carbocycles. The molecule has 132 valence electrons. The Kier molecular flexibility index (Phi) is 4.84. The highest BCUT2D eigenvalue weighted by Crippen LogP contribution is 2.19. The standard InChI is InChI=1S/C20H17NO5/c1-12-6-5-7-13(2)19(12)21-18(23)11-25-20(24)17-10-15(22)14-8-3-4-9-16(14)26-17/h3-10H,11H2,1-2H3,(H,21,23). The molecule has 0 radical (unpaired) electrons. The molecule has 0 aliphatic heterocycles. The molecule has 0 aliphatic rings. The number of benzene rings is 2. The predicted molar refractivity (Wildman–Crippen MR) is 97.3 cm³/mol. The van der Waals surface area contributed by atoms with Crippen LogP contribution in [0.3, 0.4) is 0 Å². The Morgan fingerprint density at radius 3 is 2.46 bits per heavy atom. The lowest BCUT2D eigenvalue weighted by atomic mass is 10.1. The molecule has 2 aromatic carbocycles. The Morgan fingerprint density at radius 2 is 1.73 bits per heavy atom. The molecular weight excluding hydrogens is 334 g/mol. The Balaban J connectivity index is 1.69. The summed E-state index contributed by atoms with van der Waals surface area (Å²) in [6, 6.07) is 13.3. The number of hydrogen-bond acceptors (Lipinski definition) is 5. The third-order valence-electron chi connectivity index (χ3n) is 3.92. The lowest BCUT2D eigenvalue weighted by Crippen LogP contribution is -2.22. The number of carbonyl (C=O) groups excluding carboxylic acids is 2. The van der Waals surface area contributed by atoms with Crippen molar-refractivity contribution < 1.29 is 18.7 Å². The first-order valence-corrected chi connectivity index (χ1v) is 8.02. The Morgan fingerprint density at radius 1 is 1.04 bits per heavy atom. The van der Waals surface area contributed by atoms with Gasteiger partial charge >= 0.3 is 5.97 Å². The van der Waals surface area contributed by atoms with Crippen LogP contribution in [0.25, 0.3) is 11.0 Å². The lowest BCUT2D eigenvalue weighted by molar-refractivity contribution is -0.119. The molecule has 3 aromatic rings. The zero-order chi connectivity index (χ0) is 18.7. The first-order chi connectivity index (χ1) is 12.5. The number of esters is 1. The average molecular weight is 351 g/mol. The highest BCUT2D eigenvalue weighted by Gasteiger charge is 2.16. The number of nitrogens with one attached hydrogen (secondary N) is 1. The van der Waals surface area contributed by atoms with E-state index in [0.29, 0.717) is 11.1 Å². The van der Waals surface area contributed by atoms with Crippen molar-refractivity contribution in [3.63, 3.8) is 0 Å². The summed E-state index contributed by atoms with van der Waals surface area (Å²) in [6.45, 7) is 3.26. The second kappa shape index (κ2) is 7.23. The second-order valence-corrected chi connectivity index (χ2v) is 5.86. The van der Waals surface area contributed by atoms with E-state index in [1.807, 2.05) is 32.0 Å². The van der Waals surface area contributed by atoms with Gasteiger partial charge < -0.3 is 14.5 Å². The van der Waals surface area contributed by atoms with E-state index in [1.54, 1.807) is 24.3 Å². The van der Waals surface area contributed by atoms with Gasteiger partial charge in [-0.3, -0.25) is 9.59 Å². The zero-order valence-electron chi connectivity index (χ0n) is 14.4. The molecule has 0 spiro atoms. The summed E-state index contributed by atoms with van der Waals surface area (Å²) in [5.74, 6) is -1.59. The number of rotatable bonds is 4. The molecular formula is C20H17NO5. The number of ether oxygens (including phenoxy) is 1. The maximum absolute atomic E-state index is 12.1. The fourth-order valence-electron chi connectivity index (χ4n) is 2.59. The largest absolute Gasteiger partial charge is 0.450 e. The zero-order valence-corrected chi connectivity index (χ0v) is 14.4. The normalized spacial score (nSPS) is 10.5. The number of fused-ring (bicyclic) bond motifs is 1. The van der Waals surface area contributed by atoms with Gasteiger partial charge in [-0.1, -0.05) is 30.3 Å². The fraction of sp³-hybridized carbons (Fsp3) is 0.150. The number of aryl methyl sites for hydroxylation is 2. The lowest BCUT2D eigenvalue weighted by Gasteiger charge is -2.11. The Bertz CT molecular complexity index is 1030. The van der Waals surface area contributed by atoms with Gasteiger partial charge in [-0.05, 0) is 37.1 Å².